The molecule has 0 amide bonds. The fourth-order valence-electron chi connectivity index (χ4n) is 3.90. The lowest BCUT2D eigenvalue weighted by Gasteiger charge is -2.29. The monoisotopic (exact) mass is 486 g/mol. The van der Waals surface area contributed by atoms with E-state index in [4.69, 9.17) is 14.6 Å². The minimum absolute atomic E-state index is 0.0123. The Labute approximate surface area is 206 Å². The summed E-state index contributed by atoms with van der Waals surface area (Å²) in [7, 11) is 0. The van der Waals surface area contributed by atoms with E-state index in [0.29, 0.717) is 12.7 Å². The van der Waals surface area contributed by atoms with Gasteiger partial charge in [-0.05, 0) is 6.42 Å². The van der Waals surface area contributed by atoms with Gasteiger partial charge in [-0.3, -0.25) is 4.79 Å². The fourth-order valence-corrected chi connectivity index (χ4v) is 3.90. The van der Waals surface area contributed by atoms with Crippen LogP contribution in [0.1, 0.15) is 110 Å². The molecule has 0 aromatic heterocycles. The zero-order valence-corrected chi connectivity index (χ0v) is 21.4. The van der Waals surface area contributed by atoms with E-state index in [0.717, 1.165) is 19.3 Å². The number of rotatable bonds is 25. The van der Waals surface area contributed by atoms with E-state index in [-0.39, 0.29) is 13.0 Å². The maximum Gasteiger partial charge on any atom is 0.306 e. The molecule has 7 heteroatoms. The van der Waals surface area contributed by atoms with Crippen molar-refractivity contribution in [3.63, 3.8) is 0 Å². The van der Waals surface area contributed by atoms with Crippen molar-refractivity contribution in [2.24, 2.45) is 0 Å². The SMILES string of the molecule is C=CCO[C@@H](C=O)[C@@H](OC(=O)CCCCCCCCCCCCCCCCC)[C@H](O)[C@H](O)CO. The standard InChI is InChI=1S/C27H50O7/c1-3-5-6-7-8-9-10-11-12-13-14-15-16-17-18-19-25(31)34-27(26(32)23(30)21-28)24(22-29)33-20-4-2/h4,22-24,26-28,30,32H,2-3,5-21H2,1H3/t23-,24+,26-,27-/m1/s1. The Hall–Kier alpha value is -1.28. The molecule has 0 spiro atoms. The molecule has 0 rings (SSSR count). The maximum absolute atomic E-state index is 12.2. The first-order valence-electron chi connectivity index (χ1n) is 13.4. The van der Waals surface area contributed by atoms with E-state index in [9.17, 15) is 19.8 Å². The van der Waals surface area contributed by atoms with Crippen molar-refractivity contribution >= 4 is 12.3 Å². The van der Waals surface area contributed by atoms with Crippen LogP contribution in [0.15, 0.2) is 12.7 Å². The van der Waals surface area contributed by atoms with Gasteiger partial charge in [0, 0.05) is 6.42 Å². The van der Waals surface area contributed by atoms with Gasteiger partial charge in [0.05, 0.1) is 13.2 Å². The largest absolute Gasteiger partial charge is 0.456 e. The van der Waals surface area contributed by atoms with Crippen LogP contribution in [0.4, 0.5) is 0 Å². The normalized spacial score (nSPS) is 14.8. The van der Waals surface area contributed by atoms with Crippen molar-refractivity contribution in [1.29, 1.82) is 0 Å². The van der Waals surface area contributed by atoms with Crippen LogP contribution in [0.3, 0.4) is 0 Å². The van der Waals surface area contributed by atoms with Gasteiger partial charge in [-0.15, -0.1) is 6.58 Å². The van der Waals surface area contributed by atoms with Crippen molar-refractivity contribution in [3.8, 4) is 0 Å². The lowest BCUT2D eigenvalue weighted by Crippen LogP contribution is -2.49. The van der Waals surface area contributed by atoms with Crippen LogP contribution in [0, 0.1) is 0 Å². The highest BCUT2D eigenvalue weighted by atomic mass is 16.6. The second kappa shape index (κ2) is 23.5. The number of hydrogen-bond acceptors (Lipinski definition) is 7. The number of hydrogen-bond donors (Lipinski definition) is 3. The summed E-state index contributed by atoms with van der Waals surface area (Å²) in [6.45, 7) is 5.01. The van der Waals surface area contributed by atoms with Gasteiger partial charge in [0.2, 0.25) is 0 Å². The Kier molecular flexibility index (Phi) is 22.6. The Morgan fingerprint density at radius 2 is 1.32 bits per heavy atom. The second-order valence-electron chi connectivity index (χ2n) is 9.12. The summed E-state index contributed by atoms with van der Waals surface area (Å²) in [4.78, 5) is 23.6. The predicted molar refractivity (Wildman–Crippen MR) is 135 cm³/mol. The zero-order chi connectivity index (χ0) is 25.4. The first kappa shape index (κ1) is 32.7. The molecule has 0 heterocycles. The molecule has 0 bridgehead atoms. The Morgan fingerprint density at radius 3 is 1.74 bits per heavy atom. The van der Waals surface area contributed by atoms with Gasteiger partial charge in [0.1, 0.15) is 12.2 Å². The van der Waals surface area contributed by atoms with Gasteiger partial charge in [-0.1, -0.05) is 103 Å². The molecule has 4 atom stereocenters. The highest BCUT2D eigenvalue weighted by molar-refractivity contribution is 5.70. The minimum Gasteiger partial charge on any atom is -0.456 e. The van der Waals surface area contributed by atoms with Crippen LogP contribution in [0.2, 0.25) is 0 Å². The molecule has 0 saturated heterocycles. The summed E-state index contributed by atoms with van der Waals surface area (Å²) in [5.74, 6) is -0.571. The molecular weight excluding hydrogens is 436 g/mol. The summed E-state index contributed by atoms with van der Waals surface area (Å²) < 4.78 is 10.5. The third-order valence-electron chi connectivity index (χ3n) is 6.03. The van der Waals surface area contributed by atoms with E-state index in [1.165, 1.54) is 76.7 Å². The molecule has 0 unspecified atom stereocenters. The number of esters is 1. The molecule has 7 nitrogen and oxygen atoms in total. The third kappa shape index (κ3) is 17.2. The molecule has 0 saturated carbocycles. The summed E-state index contributed by atoms with van der Waals surface area (Å²) >= 11 is 0. The van der Waals surface area contributed by atoms with Gasteiger partial charge in [0.15, 0.2) is 18.5 Å². The number of aliphatic hydroxyl groups is 3. The Balaban J connectivity index is 3.96. The Morgan fingerprint density at radius 1 is 0.853 bits per heavy atom. The Bertz CT molecular complexity index is 497. The van der Waals surface area contributed by atoms with Gasteiger partial charge < -0.3 is 29.6 Å². The molecule has 0 aromatic rings. The molecule has 0 aliphatic carbocycles. The quantitative estimate of drug-likeness (QED) is 0.0745. The van der Waals surface area contributed by atoms with Crippen molar-refractivity contribution < 1.29 is 34.4 Å². The highest BCUT2D eigenvalue weighted by Gasteiger charge is 2.36. The minimum atomic E-state index is -1.64. The summed E-state index contributed by atoms with van der Waals surface area (Å²) in [6.07, 6.45) is 14.5. The van der Waals surface area contributed by atoms with Gasteiger partial charge in [-0.25, -0.2) is 0 Å². The van der Waals surface area contributed by atoms with Crippen LogP contribution in [-0.4, -0.2) is 65.2 Å². The van der Waals surface area contributed by atoms with Crippen molar-refractivity contribution in [2.75, 3.05) is 13.2 Å². The first-order chi connectivity index (χ1) is 16.5. The van der Waals surface area contributed by atoms with Crippen LogP contribution in [0.5, 0.6) is 0 Å². The predicted octanol–water partition coefficient (Wildman–Crippen LogP) is 4.64. The number of unbranched alkanes of at least 4 members (excludes halogenated alkanes) is 14. The second-order valence-corrected chi connectivity index (χ2v) is 9.12. The topological polar surface area (TPSA) is 113 Å². The smallest absolute Gasteiger partial charge is 0.306 e. The average molecular weight is 487 g/mol. The van der Waals surface area contributed by atoms with Crippen LogP contribution in [-0.2, 0) is 19.1 Å². The maximum atomic E-state index is 12.2. The van der Waals surface area contributed by atoms with Crippen molar-refractivity contribution in [1.82, 2.24) is 0 Å². The van der Waals surface area contributed by atoms with Gasteiger partial charge in [0.25, 0.3) is 0 Å². The molecule has 0 aliphatic rings. The number of aliphatic hydroxyl groups excluding tert-OH is 3. The van der Waals surface area contributed by atoms with Crippen LogP contribution in [0.25, 0.3) is 0 Å². The molecule has 200 valence electrons. The van der Waals surface area contributed by atoms with Crippen LogP contribution >= 0.6 is 0 Å². The fraction of sp³-hybridized carbons (Fsp3) is 0.852. The van der Waals surface area contributed by atoms with Gasteiger partial charge in [-0.2, -0.15) is 0 Å². The molecular formula is C27H50O7. The van der Waals surface area contributed by atoms with E-state index in [1.807, 2.05) is 0 Å². The number of carbonyl (C=O) groups is 2. The average Bonchev–Trinajstić information content (AvgIpc) is 2.85. The van der Waals surface area contributed by atoms with E-state index in [1.54, 1.807) is 0 Å². The molecule has 0 aliphatic heterocycles. The lowest BCUT2D eigenvalue weighted by atomic mass is 10.0. The summed E-state index contributed by atoms with van der Waals surface area (Å²) in [5, 5.41) is 29.0. The number of carbonyl (C=O) groups excluding carboxylic acids is 2. The highest BCUT2D eigenvalue weighted by Crippen LogP contribution is 2.16. The van der Waals surface area contributed by atoms with Gasteiger partial charge >= 0.3 is 5.97 Å². The van der Waals surface area contributed by atoms with E-state index < -0.39 is 37.0 Å². The summed E-state index contributed by atoms with van der Waals surface area (Å²) in [5.41, 5.74) is 0. The van der Waals surface area contributed by atoms with E-state index in [2.05, 4.69) is 13.5 Å². The molecule has 0 fully saturated rings. The third-order valence-corrected chi connectivity index (χ3v) is 6.03. The van der Waals surface area contributed by atoms with Crippen molar-refractivity contribution in [2.45, 2.75) is 134 Å². The summed E-state index contributed by atoms with van der Waals surface area (Å²) in [6, 6.07) is 0. The van der Waals surface area contributed by atoms with Crippen LogP contribution < -0.4 is 0 Å². The molecule has 0 radical (unpaired) electrons. The first-order valence-corrected chi connectivity index (χ1v) is 13.4. The number of ether oxygens (including phenoxy) is 2. The zero-order valence-electron chi connectivity index (χ0n) is 21.4. The molecule has 3 N–H and O–H groups in total. The molecule has 34 heavy (non-hydrogen) atoms. The molecule has 0 aromatic carbocycles. The van der Waals surface area contributed by atoms with E-state index >= 15 is 0 Å². The van der Waals surface area contributed by atoms with Crippen molar-refractivity contribution in [3.05, 3.63) is 12.7 Å². The number of aldehydes is 1. The lowest BCUT2D eigenvalue weighted by molar-refractivity contribution is -0.178.